The number of fused-ring (bicyclic) bond motifs is 1. The van der Waals surface area contributed by atoms with Gasteiger partial charge in [-0.3, -0.25) is 9.59 Å². The third-order valence-corrected chi connectivity index (χ3v) is 6.83. The van der Waals surface area contributed by atoms with Gasteiger partial charge in [0.25, 0.3) is 5.91 Å². The van der Waals surface area contributed by atoms with Gasteiger partial charge >= 0.3 is 0 Å². The number of hydrogen-bond donors (Lipinski definition) is 0. The van der Waals surface area contributed by atoms with E-state index in [-0.39, 0.29) is 5.75 Å². The number of sulfonamides is 1. The standard InChI is InChI=1S/C14H10BrNO4S2/c15-11-5-6-21-13(11)12(17)7-16-14(18)10-4-2-1-3-9(10)8-22(16,19)20/h1-6H,7-8H2. The first-order valence-electron chi connectivity index (χ1n) is 6.29. The van der Waals surface area contributed by atoms with Gasteiger partial charge in [-0.2, -0.15) is 0 Å². The van der Waals surface area contributed by atoms with Crippen LogP contribution in [0.3, 0.4) is 0 Å². The fourth-order valence-electron chi connectivity index (χ4n) is 2.25. The lowest BCUT2D eigenvalue weighted by molar-refractivity contribution is 0.0807. The molecule has 3 rings (SSSR count). The van der Waals surface area contributed by atoms with Crippen LogP contribution in [0.15, 0.2) is 40.2 Å². The molecule has 22 heavy (non-hydrogen) atoms. The molecule has 2 aromatic rings. The van der Waals surface area contributed by atoms with E-state index in [4.69, 9.17) is 0 Å². The minimum absolute atomic E-state index is 0.270. The molecule has 0 bridgehead atoms. The van der Waals surface area contributed by atoms with Gasteiger partial charge in [0.05, 0.1) is 10.6 Å². The van der Waals surface area contributed by atoms with E-state index in [0.717, 1.165) is 0 Å². The molecule has 2 heterocycles. The molecule has 1 amide bonds. The smallest absolute Gasteiger partial charge is 0.268 e. The summed E-state index contributed by atoms with van der Waals surface area (Å²) in [4.78, 5) is 25.1. The average Bonchev–Trinajstić information content (AvgIpc) is 2.89. The number of amides is 1. The zero-order chi connectivity index (χ0) is 15.9. The maximum absolute atomic E-state index is 12.4. The third kappa shape index (κ3) is 2.62. The topological polar surface area (TPSA) is 71.5 Å². The van der Waals surface area contributed by atoms with Crippen LogP contribution < -0.4 is 0 Å². The van der Waals surface area contributed by atoms with Crippen molar-refractivity contribution in [2.45, 2.75) is 5.75 Å². The first kappa shape index (κ1) is 15.4. The summed E-state index contributed by atoms with van der Waals surface area (Å²) in [6.07, 6.45) is 0. The van der Waals surface area contributed by atoms with Crippen LogP contribution in [-0.4, -0.2) is 31.0 Å². The van der Waals surface area contributed by atoms with E-state index in [0.29, 0.717) is 24.8 Å². The number of Topliss-reactive ketones (excluding diaryl/α,β-unsaturated/α-hetero) is 1. The van der Waals surface area contributed by atoms with E-state index < -0.39 is 28.3 Å². The van der Waals surface area contributed by atoms with Crippen molar-refractivity contribution in [3.63, 3.8) is 0 Å². The number of thiophene rings is 1. The molecule has 0 fully saturated rings. The Morgan fingerprint density at radius 2 is 2.00 bits per heavy atom. The van der Waals surface area contributed by atoms with E-state index in [9.17, 15) is 18.0 Å². The summed E-state index contributed by atoms with van der Waals surface area (Å²) < 4.78 is 25.9. The van der Waals surface area contributed by atoms with E-state index in [1.165, 1.54) is 11.3 Å². The Morgan fingerprint density at radius 1 is 1.27 bits per heavy atom. The van der Waals surface area contributed by atoms with E-state index in [1.807, 2.05) is 0 Å². The van der Waals surface area contributed by atoms with Crippen LogP contribution in [0.25, 0.3) is 0 Å². The van der Waals surface area contributed by atoms with Gasteiger partial charge in [-0.05, 0) is 39.0 Å². The summed E-state index contributed by atoms with van der Waals surface area (Å²) in [7, 11) is -3.83. The van der Waals surface area contributed by atoms with Crippen LogP contribution in [0.2, 0.25) is 0 Å². The predicted octanol–water partition coefficient (Wildman–Crippen LogP) is 2.68. The van der Waals surface area contributed by atoms with Crippen LogP contribution in [0.4, 0.5) is 0 Å². The van der Waals surface area contributed by atoms with E-state index in [2.05, 4.69) is 15.9 Å². The first-order valence-corrected chi connectivity index (χ1v) is 9.57. The number of benzene rings is 1. The Labute approximate surface area is 139 Å². The van der Waals surface area contributed by atoms with Gasteiger partial charge < -0.3 is 0 Å². The Balaban J connectivity index is 1.95. The highest BCUT2D eigenvalue weighted by atomic mass is 79.9. The molecular formula is C14H10BrNO4S2. The second-order valence-corrected chi connectivity index (χ2v) is 8.41. The SMILES string of the molecule is O=C(CN1C(=O)c2ccccc2CS1(=O)=O)c1sccc1Br. The second kappa shape index (κ2) is 5.60. The van der Waals surface area contributed by atoms with Gasteiger partial charge in [0.2, 0.25) is 10.0 Å². The van der Waals surface area contributed by atoms with Crippen LogP contribution in [0.5, 0.6) is 0 Å². The van der Waals surface area contributed by atoms with Crippen LogP contribution >= 0.6 is 27.3 Å². The predicted molar refractivity (Wildman–Crippen MR) is 86.5 cm³/mol. The Kier molecular flexibility index (Phi) is 3.92. The molecule has 0 saturated heterocycles. The highest BCUT2D eigenvalue weighted by Crippen LogP contribution is 2.27. The molecule has 1 aliphatic heterocycles. The van der Waals surface area contributed by atoms with Crippen molar-refractivity contribution in [3.8, 4) is 0 Å². The van der Waals surface area contributed by atoms with Crippen molar-refractivity contribution in [1.82, 2.24) is 4.31 Å². The number of carbonyl (C=O) groups is 2. The molecule has 1 aromatic carbocycles. The number of nitrogens with zero attached hydrogens (tertiary/aromatic N) is 1. The molecule has 1 aliphatic rings. The molecule has 0 unspecified atom stereocenters. The Morgan fingerprint density at radius 3 is 2.68 bits per heavy atom. The number of ketones is 1. The van der Waals surface area contributed by atoms with Crippen molar-refractivity contribution in [3.05, 3.63) is 56.2 Å². The Hall–Kier alpha value is -1.51. The van der Waals surface area contributed by atoms with Crippen molar-refractivity contribution in [2.24, 2.45) is 0 Å². The molecule has 0 radical (unpaired) electrons. The monoisotopic (exact) mass is 399 g/mol. The highest BCUT2D eigenvalue weighted by Gasteiger charge is 2.37. The van der Waals surface area contributed by atoms with Gasteiger partial charge in [0.15, 0.2) is 5.78 Å². The lowest BCUT2D eigenvalue weighted by atomic mass is 10.1. The first-order chi connectivity index (χ1) is 10.4. The molecule has 0 aliphatic carbocycles. The highest BCUT2D eigenvalue weighted by molar-refractivity contribution is 9.10. The fraction of sp³-hybridized carbons (Fsp3) is 0.143. The van der Waals surface area contributed by atoms with Gasteiger partial charge in [-0.15, -0.1) is 11.3 Å². The van der Waals surface area contributed by atoms with Gasteiger partial charge in [0.1, 0.15) is 6.54 Å². The summed E-state index contributed by atoms with van der Waals surface area (Å²) in [6.45, 7) is -0.478. The van der Waals surface area contributed by atoms with Crippen molar-refractivity contribution in [1.29, 1.82) is 0 Å². The number of carbonyl (C=O) groups excluding carboxylic acids is 2. The molecule has 1 aromatic heterocycles. The maximum atomic E-state index is 12.4. The van der Waals surface area contributed by atoms with Crippen molar-refractivity contribution >= 4 is 49.0 Å². The molecule has 0 N–H and O–H groups in total. The minimum Gasteiger partial charge on any atom is -0.291 e. The quantitative estimate of drug-likeness (QED) is 0.743. The van der Waals surface area contributed by atoms with Crippen LogP contribution in [0, 0.1) is 0 Å². The molecule has 0 atom stereocenters. The zero-order valence-electron chi connectivity index (χ0n) is 11.2. The summed E-state index contributed by atoms with van der Waals surface area (Å²) in [5.74, 6) is -1.32. The van der Waals surface area contributed by atoms with E-state index in [1.54, 1.807) is 35.7 Å². The summed E-state index contributed by atoms with van der Waals surface area (Å²) in [5.41, 5.74) is 0.795. The van der Waals surface area contributed by atoms with Gasteiger partial charge in [-0.1, -0.05) is 18.2 Å². The zero-order valence-corrected chi connectivity index (χ0v) is 14.4. The minimum atomic E-state index is -3.83. The summed E-state index contributed by atoms with van der Waals surface area (Å²) >= 11 is 4.44. The van der Waals surface area contributed by atoms with Crippen molar-refractivity contribution < 1.29 is 18.0 Å². The molecule has 114 valence electrons. The molecule has 0 spiro atoms. The maximum Gasteiger partial charge on any atom is 0.268 e. The third-order valence-electron chi connectivity index (χ3n) is 3.31. The number of hydrogen-bond acceptors (Lipinski definition) is 5. The largest absolute Gasteiger partial charge is 0.291 e. The number of halogens is 1. The second-order valence-electron chi connectivity index (χ2n) is 4.75. The van der Waals surface area contributed by atoms with E-state index >= 15 is 0 Å². The van der Waals surface area contributed by atoms with Gasteiger partial charge in [0, 0.05) is 10.0 Å². The lowest BCUT2D eigenvalue weighted by Gasteiger charge is -2.27. The number of rotatable bonds is 3. The Bertz CT molecular complexity index is 872. The van der Waals surface area contributed by atoms with Crippen LogP contribution in [0.1, 0.15) is 25.6 Å². The fourth-order valence-corrected chi connectivity index (χ4v) is 5.25. The summed E-state index contributed by atoms with van der Waals surface area (Å²) in [6, 6.07) is 8.25. The molecule has 8 heteroatoms. The summed E-state index contributed by atoms with van der Waals surface area (Å²) in [5, 5.41) is 1.72. The normalized spacial score (nSPS) is 16.4. The molecular weight excluding hydrogens is 390 g/mol. The average molecular weight is 400 g/mol. The van der Waals surface area contributed by atoms with Crippen LogP contribution in [-0.2, 0) is 15.8 Å². The molecule has 0 saturated carbocycles. The van der Waals surface area contributed by atoms with Crippen molar-refractivity contribution in [2.75, 3.05) is 6.54 Å². The van der Waals surface area contributed by atoms with Gasteiger partial charge in [-0.25, -0.2) is 12.7 Å². The lowest BCUT2D eigenvalue weighted by Crippen LogP contribution is -2.44. The molecule has 5 nitrogen and oxygen atoms in total.